The molecule has 0 saturated heterocycles. The Balaban J connectivity index is 2.23. The van der Waals surface area contributed by atoms with Crippen LogP contribution in [0, 0.1) is 12.7 Å². The van der Waals surface area contributed by atoms with E-state index >= 15 is 0 Å². The fraction of sp³-hybridized carbons (Fsp3) is 0.0909. The molecule has 0 unspecified atom stereocenters. The van der Waals surface area contributed by atoms with Crippen molar-refractivity contribution >= 4 is 38.3 Å². The number of benzene rings is 1. The fourth-order valence-corrected chi connectivity index (χ4v) is 2.38. The van der Waals surface area contributed by atoms with Gasteiger partial charge in [0.2, 0.25) is 0 Å². The fourth-order valence-electron chi connectivity index (χ4n) is 1.26. The molecule has 1 amide bonds. The molecule has 2 rings (SSSR count). The van der Waals surface area contributed by atoms with Crippen molar-refractivity contribution in [2.24, 2.45) is 0 Å². The number of hydrogen-bond acceptors (Lipinski definition) is 3. The van der Waals surface area contributed by atoms with E-state index in [2.05, 4.69) is 26.2 Å². The lowest BCUT2D eigenvalue weighted by Crippen LogP contribution is -2.12. The highest BCUT2D eigenvalue weighted by atomic mass is 79.9. The lowest BCUT2D eigenvalue weighted by atomic mass is 10.2. The Morgan fingerprint density at radius 2 is 2.29 bits per heavy atom. The maximum atomic E-state index is 13.2. The molecular formula is C11H8BrFN2OS. The minimum atomic E-state index is -0.465. The number of nitrogens with zero attached hydrogens (tertiary/aromatic N) is 1. The number of hydrogen-bond donors (Lipinski definition) is 1. The molecule has 0 spiro atoms. The van der Waals surface area contributed by atoms with Crippen molar-refractivity contribution < 1.29 is 9.18 Å². The molecule has 1 heterocycles. The highest BCUT2D eigenvalue weighted by Gasteiger charge is 2.14. The van der Waals surface area contributed by atoms with Crippen molar-refractivity contribution in [1.82, 2.24) is 4.98 Å². The van der Waals surface area contributed by atoms with Gasteiger partial charge in [-0.1, -0.05) is 6.07 Å². The molecule has 88 valence electrons. The molecule has 0 fully saturated rings. The Morgan fingerprint density at radius 3 is 2.94 bits per heavy atom. The third kappa shape index (κ3) is 2.70. The van der Waals surface area contributed by atoms with Crippen molar-refractivity contribution in [2.45, 2.75) is 6.92 Å². The zero-order valence-electron chi connectivity index (χ0n) is 8.83. The number of rotatable bonds is 2. The summed E-state index contributed by atoms with van der Waals surface area (Å²) >= 11 is 4.38. The van der Waals surface area contributed by atoms with Gasteiger partial charge in [0, 0.05) is 5.38 Å². The summed E-state index contributed by atoms with van der Waals surface area (Å²) in [6.45, 7) is 1.84. The minimum absolute atomic E-state index is 0.158. The molecular weight excluding hydrogens is 307 g/mol. The smallest absolute Gasteiger partial charge is 0.258 e. The highest BCUT2D eigenvalue weighted by Crippen LogP contribution is 2.22. The summed E-state index contributed by atoms with van der Waals surface area (Å²) in [5.74, 6) is -0.848. The Kier molecular flexibility index (Phi) is 3.54. The van der Waals surface area contributed by atoms with E-state index in [1.807, 2.05) is 12.3 Å². The lowest BCUT2D eigenvalue weighted by molar-refractivity contribution is 0.102. The van der Waals surface area contributed by atoms with Crippen LogP contribution < -0.4 is 5.32 Å². The average Bonchev–Trinajstić information content (AvgIpc) is 2.68. The van der Waals surface area contributed by atoms with E-state index in [9.17, 15) is 9.18 Å². The summed E-state index contributed by atoms with van der Waals surface area (Å²) in [5, 5.41) is 4.95. The number of aryl methyl sites for hydroxylation is 1. The lowest BCUT2D eigenvalue weighted by Gasteiger charge is -2.04. The second kappa shape index (κ2) is 4.93. The summed E-state index contributed by atoms with van der Waals surface area (Å²) in [6.07, 6.45) is 0. The number of thiazole rings is 1. The van der Waals surface area contributed by atoms with Gasteiger partial charge >= 0.3 is 0 Å². The Bertz CT molecular complexity index is 570. The number of nitrogens with one attached hydrogen (secondary N) is 1. The van der Waals surface area contributed by atoms with Crippen molar-refractivity contribution in [3.8, 4) is 0 Å². The predicted molar refractivity (Wildman–Crippen MR) is 68.9 cm³/mol. The van der Waals surface area contributed by atoms with Crippen LogP contribution in [0.1, 0.15) is 16.1 Å². The van der Waals surface area contributed by atoms with Gasteiger partial charge in [0.05, 0.1) is 15.7 Å². The number of amides is 1. The van der Waals surface area contributed by atoms with E-state index in [1.165, 1.54) is 23.5 Å². The van der Waals surface area contributed by atoms with Crippen LogP contribution in [-0.4, -0.2) is 10.9 Å². The molecule has 17 heavy (non-hydrogen) atoms. The van der Waals surface area contributed by atoms with E-state index in [1.54, 1.807) is 6.07 Å². The third-order valence-corrected chi connectivity index (χ3v) is 3.72. The van der Waals surface area contributed by atoms with Crippen LogP contribution in [0.2, 0.25) is 0 Å². The second-order valence-corrected chi connectivity index (χ2v) is 5.00. The van der Waals surface area contributed by atoms with Crippen LogP contribution in [0.4, 0.5) is 9.52 Å². The van der Waals surface area contributed by atoms with Crippen LogP contribution in [0.25, 0.3) is 0 Å². The predicted octanol–water partition coefficient (Wildman–Crippen LogP) is 3.61. The SMILES string of the molecule is Cc1csc(NC(=O)c2cccc(F)c2Br)n1. The quantitative estimate of drug-likeness (QED) is 0.920. The average molecular weight is 315 g/mol. The maximum Gasteiger partial charge on any atom is 0.258 e. The minimum Gasteiger partial charge on any atom is -0.298 e. The van der Waals surface area contributed by atoms with E-state index in [4.69, 9.17) is 0 Å². The van der Waals surface area contributed by atoms with Gasteiger partial charge in [-0.3, -0.25) is 10.1 Å². The van der Waals surface area contributed by atoms with Gasteiger partial charge in [0.25, 0.3) is 5.91 Å². The summed E-state index contributed by atoms with van der Waals surface area (Å²) < 4.78 is 13.4. The van der Waals surface area contributed by atoms with Crippen molar-refractivity contribution in [2.75, 3.05) is 5.32 Å². The molecule has 6 heteroatoms. The van der Waals surface area contributed by atoms with Gasteiger partial charge in [0.1, 0.15) is 5.82 Å². The normalized spacial score (nSPS) is 10.3. The Labute approximate surface area is 110 Å². The first-order valence-corrected chi connectivity index (χ1v) is 6.42. The standard InChI is InChI=1S/C11H8BrFN2OS/c1-6-5-17-11(14-6)15-10(16)7-3-2-4-8(13)9(7)12/h2-5H,1H3,(H,14,15,16). The topological polar surface area (TPSA) is 42.0 Å². The zero-order valence-corrected chi connectivity index (χ0v) is 11.2. The summed E-state index contributed by atoms with van der Waals surface area (Å²) in [6, 6.07) is 4.32. The number of anilines is 1. The molecule has 0 bridgehead atoms. The molecule has 0 aliphatic carbocycles. The zero-order chi connectivity index (χ0) is 12.4. The third-order valence-electron chi connectivity index (χ3n) is 2.04. The molecule has 0 saturated carbocycles. The van der Waals surface area contributed by atoms with Gasteiger partial charge in [0.15, 0.2) is 5.13 Å². The molecule has 0 aliphatic heterocycles. The highest BCUT2D eigenvalue weighted by molar-refractivity contribution is 9.10. The van der Waals surface area contributed by atoms with Crippen LogP contribution in [-0.2, 0) is 0 Å². The first kappa shape index (κ1) is 12.2. The molecule has 0 radical (unpaired) electrons. The van der Waals surface area contributed by atoms with Crippen molar-refractivity contribution in [1.29, 1.82) is 0 Å². The summed E-state index contributed by atoms with van der Waals surface area (Å²) in [4.78, 5) is 16.0. The van der Waals surface area contributed by atoms with E-state index < -0.39 is 5.82 Å². The molecule has 3 nitrogen and oxygen atoms in total. The van der Waals surface area contributed by atoms with Gasteiger partial charge in [-0.25, -0.2) is 9.37 Å². The molecule has 1 aromatic heterocycles. The molecule has 1 aromatic carbocycles. The van der Waals surface area contributed by atoms with Crippen LogP contribution in [0.5, 0.6) is 0 Å². The largest absolute Gasteiger partial charge is 0.298 e. The van der Waals surface area contributed by atoms with Crippen LogP contribution in [0.15, 0.2) is 28.1 Å². The van der Waals surface area contributed by atoms with E-state index in [0.717, 1.165) is 5.69 Å². The summed E-state index contributed by atoms with van der Waals surface area (Å²) in [7, 11) is 0. The van der Waals surface area contributed by atoms with Crippen molar-refractivity contribution in [3.63, 3.8) is 0 Å². The molecule has 0 aliphatic rings. The molecule has 0 atom stereocenters. The maximum absolute atomic E-state index is 13.2. The first-order chi connectivity index (χ1) is 8.08. The van der Waals surface area contributed by atoms with Gasteiger partial charge in [-0.15, -0.1) is 11.3 Å². The van der Waals surface area contributed by atoms with Gasteiger partial charge in [-0.05, 0) is 35.0 Å². The van der Waals surface area contributed by atoms with E-state index in [-0.39, 0.29) is 15.9 Å². The van der Waals surface area contributed by atoms with Gasteiger partial charge < -0.3 is 0 Å². The monoisotopic (exact) mass is 314 g/mol. The second-order valence-electron chi connectivity index (χ2n) is 3.35. The number of carbonyl (C=O) groups is 1. The van der Waals surface area contributed by atoms with Crippen LogP contribution >= 0.6 is 27.3 Å². The Hall–Kier alpha value is -1.27. The number of carbonyl (C=O) groups excluding carboxylic acids is 1. The molecule has 1 N–H and O–H groups in total. The molecule has 2 aromatic rings. The summed E-state index contributed by atoms with van der Waals surface area (Å²) in [5.41, 5.74) is 1.08. The first-order valence-electron chi connectivity index (χ1n) is 4.75. The van der Waals surface area contributed by atoms with Gasteiger partial charge in [-0.2, -0.15) is 0 Å². The number of aromatic nitrogens is 1. The van der Waals surface area contributed by atoms with Crippen LogP contribution in [0.3, 0.4) is 0 Å². The van der Waals surface area contributed by atoms with Crippen molar-refractivity contribution in [3.05, 3.63) is 45.1 Å². The Morgan fingerprint density at radius 1 is 1.53 bits per heavy atom. The number of halogens is 2. The van der Waals surface area contributed by atoms with E-state index in [0.29, 0.717) is 5.13 Å².